The van der Waals surface area contributed by atoms with Crippen molar-refractivity contribution in [1.82, 2.24) is 19.7 Å². The fourth-order valence-electron chi connectivity index (χ4n) is 3.94. The Balaban J connectivity index is 1.34. The predicted molar refractivity (Wildman–Crippen MR) is 127 cm³/mol. The maximum absolute atomic E-state index is 12.9. The second kappa shape index (κ2) is 9.90. The average molecular weight is 474 g/mol. The highest BCUT2D eigenvalue weighted by Gasteiger charge is 2.21. The van der Waals surface area contributed by atoms with E-state index in [4.69, 9.17) is 27.9 Å². The lowest BCUT2D eigenvalue weighted by molar-refractivity contribution is 0.0962. The fourth-order valence-corrected chi connectivity index (χ4v) is 4.46. The number of hydrogen-bond donors (Lipinski definition) is 0. The highest BCUT2D eigenvalue weighted by Crippen LogP contribution is 2.26. The van der Waals surface area contributed by atoms with Gasteiger partial charge in [-0.2, -0.15) is 5.10 Å². The predicted octanol–water partition coefficient (Wildman–Crippen LogP) is 4.29. The third-order valence-corrected chi connectivity index (χ3v) is 6.16. The number of aromatic nitrogens is 3. The van der Waals surface area contributed by atoms with Gasteiger partial charge in [-0.15, -0.1) is 0 Å². The number of Topliss-reactive ketones (excluding diaryl/α,β-unsaturated/α-hetero) is 1. The van der Waals surface area contributed by atoms with Crippen LogP contribution < -0.4 is 9.64 Å². The topological polar surface area (TPSA) is 63.5 Å². The fraction of sp³-hybridized carbons (Fsp3) is 0.348. The van der Waals surface area contributed by atoms with E-state index in [9.17, 15) is 4.79 Å². The summed E-state index contributed by atoms with van der Waals surface area (Å²) in [5, 5.41) is 5.66. The summed E-state index contributed by atoms with van der Waals surface area (Å²) in [6.45, 7) is 6.06. The highest BCUT2D eigenvalue weighted by molar-refractivity contribution is 6.35. The Morgan fingerprint density at radius 2 is 1.84 bits per heavy atom. The van der Waals surface area contributed by atoms with E-state index in [1.54, 1.807) is 36.3 Å². The molecule has 2 aromatic heterocycles. The zero-order chi connectivity index (χ0) is 22.7. The Bertz CT molecular complexity index is 1090. The van der Waals surface area contributed by atoms with E-state index in [0.29, 0.717) is 40.1 Å². The number of hydrogen-bond acceptors (Lipinski definition) is 6. The molecule has 9 heteroatoms. The molecule has 0 unspecified atom stereocenters. The lowest BCUT2D eigenvalue weighted by atomic mass is 10.1. The van der Waals surface area contributed by atoms with Crippen LogP contribution in [0.3, 0.4) is 0 Å². The van der Waals surface area contributed by atoms with Gasteiger partial charge in [0.05, 0.1) is 24.6 Å². The molecule has 3 aromatic rings. The van der Waals surface area contributed by atoms with Crippen molar-refractivity contribution in [2.75, 3.05) is 44.7 Å². The van der Waals surface area contributed by atoms with Crippen LogP contribution >= 0.6 is 23.2 Å². The van der Waals surface area contributed by atoms with Gasteiger partial charge >= 0.3 is 0 Å². The van der Waals surface area contributed by atoms with Gasteiger partial charge < -0.3 is 9.64 Å². The number of rotatable bonds is 7. The minimum Gasteiger partial charge on any atom is -0.493 e. The molecule has 0 radical (unpaired) electrons. The van der Waals surface area contributed by atoms with Gasteiger partial charge in [-0.25, -0.2) is 9.67 Å². The Morgan fingerprint density at radius 3 is 2.53 bits per heavy atom. The quantitative estimate of drug-likeness (QED) is 0.477. The molecular weight excluding hydrogens is 449 g/mol. The first-order valence-electron chi connectivity index (χ1n) is 10.5. The molecule has 7 nitrogen and oxygen atoms in total. The molecule has 32 heavy (non-hydrogen) atoms. The summed E-state index contributed by atoms with van der Waals surface area (Å²) in [6.07, 6.45) is 3.74. The van der Waals surface area contributed by atoms with Gasteiger partial charge in [-0.05, 0) is 37.3 Å². The standard InChI is InChI=1S/C23H25Cl2N5O2/c1-16-20(15-27-30(16)23-22(32-2)4-3-6-26-23)21(31)5-7-28-8-10-29(11-9-28)19-13-17(24)12-18(25)14-19/h3-4,6,12-15H,5,7-11H2,1-2H3. The largest absolute Gasteiger partial charge is 0.493 e. The number of ketones is 1. The van der Waals surface area contributed by atoms with Gasteiger partial charge in [0, 0.05) is 61.1 Å². The maximum atomic E-state index is 12.9. The summed E-state index contributed by atoms with van der Waals surface area (Å²) in [5.41, 5.74) is 2.41. The van der Waals surface area contributed by atoms with Crippen LogP contribution in [0.15, 0.2) is 42.7 Å². The van der Waals surface area contributed by atoms with Gasteiger partial charge in [0.1, 0.15) is 0 Å². The van der Waals surface area contributed by atoms with Crippen LogP contribution in [0.25, 0.3) is 5.82 Å². The molecule has 1 saturated heterocycles. The molecule has 0 bridgehead atoms. The van der Waals surface area contributed by atoms with Gasteiger partial charge in [0.25, 0.3) is 0 Å². The molecule has 168 valence electrons. The Kier molecular flexibility index (Phi) is 6.98. The van der Waals surface area contributed by atoms with Crippen LogP contribution in [0.4, 0.5) is 5.69 Å². The molecule has 0 aliphatic carbocycles. The first kappa shape index (κ1) is 22.6. The second-order valence-corrected chi connectivity index (χ2v) is 8.59. The van der Waals surface area contributed by atoms with E-state index in [1.807, 2.05) is 25.1 Å². The van der Waals surface area contributed by atoms with E-state index < -0.39 is 0 Å². The van der Waals surface area contributed by atoms with Crippen molar-refractivity contribution in [1.29, 1.82) is 0 Å². The summed E-state index contributed by atoms with van der Waals surface area (Å²) in [7, 11) is 1.59. The van der Waals surface area contributed by atoms with Crippen LogP contribution in [0.2, 0.25) is 10.0 Å². The zero-order valence-corrected chi connectivity index (χ0v) is 19.6. The van der Waals surface area contributed by atoms with E-state index in [2.05, 4.69) is 19.9 Å². The minimum atomic E-state index is 0.0766. The molecule has 0 atom stereocenters. The Morgan fingerprint density at radius 1 is 1.12 bits per heavy atom. The molecule has 0 N–H and O–H groups in total. The molecule has 3 heterocycles. The average Bonchev–Trinajstić information content (AvgIpc) is 3.18. The maximum Gasteiger partial charge on any atom is 0.196 e. The molecule has 0 amide bonds. The van der Waals surface area contributed by atoms with Crippen LogP contribution in [-0.4, -0.2) is 65.3 Å². The monoisotopic (exact) mass is 473 g/mol. The van der Waals surface area contributed by atoms with Gasteiger partial charge in [-0.1, -0.05) is 23.2 Å². The zero-order valence-electron chi connectivity index (χ0n) is 18.1. The number of halogens is 2. The Hall–Kier alpha value is -2.61. The number of carbonyl (C=O) groups is 1. The number of nitrogens with zero attached hydrogens (tertiary/aromatic N) is 5. The number of anilines is 1. The number of carbonyl (C=O) groups excluding carboxylic acids is 1. The van der Waals surface area contributed by atoms with Gasteiger partial charge in [-0.3, -0.25) is 9.69 Å². The second-order valence-electron chi connectivity index (χ2n) is 7.71. The van der Waals surface area contributed by atoms with Crippen LogP contribution in [0.5, 0.6) is 5.75 Å². The number of pyridine rings is 1. The minimum absolute atomic E-state index is 0.0766. The van der Waals surface area contributed by atoms with Gasteiger partial charge in [0.2, 0.25) is 0 Å². The Labute approximate surface area is 197 Å². The third kappa shape index (κ3) is 4.90. The van der Waals surface area contributed by atoms with E-state index in [1.165, 1.54) is 0 Å². The van der Waals surface area contributed by atoms with E-state index in [-0.39, 0.29) is 5.78 Å². The van der Waals surface area contributed by atoms with E-state index in [0.717, 1.165) is 37.6 Å². The summed E-state index contributed by atoms with van der Waals surface area (Å²) >= 11 is 12.3. The molecule has 0 saturated carbocycles. The van der Waals surface area contributed by atoms with Crippen LogP contribution in [0.1, 0.15) is 22.5 Å². The summed E-state index contributed by atoms with van der Waals surface area (Å²) in [6, 6.07) is 9.23. The molecule has 4 rings (SSSR count). The van der Waals surface area contributed by atoms with Crippen molar-refractivity contribution >= 4 is 34.7 Å². The number of ether oxygens (including phenoxy) is 1. The lowest BCUT2D eigenvalue weighted by Crippen LogP contribution is -2.46. The van der Waals surface area contributed by atoms with Crippen molar-refractivity contribution < 1.29 is 9.53 Å². The normalized spacial score (nSPS) is 14.6. The molecule has 1 aliphatic heterocycles. The van der Waals surface area contributed by atoms with Crippen molar-refractivity contribution in [2.45, 2.75) is 13.3 Å². The first-order valence-corrected chi connectivity index (χ1v) is 11.2. The lowest BCUT2D eigenvalue weighted by Gasteiger charge is -2.36. The van der Waals surface area contributed by atoms with Crippen molar-refractivity contribution in [2.24, 2.45) is 0 Å². The van der Waals surface area contributed by atoms with Gasteiger partial charge in [0.15, 0.2) is 17.4 Å². The van der Waals surface area contributed by atoms with Crippen molar-refractivity contribution in [3.05, 3.63) is 64.0 Å². The molecule has 1 aromatic carbocycles. The van der Waals surface area contributed by atoms with E-state index >= 15 is 0 Å². The smallest absolute Gasteiger partial charge is 0.196 e. The van der Waals surface area contributed by atoms with Crippen LogP contribution in [0, 0.1) is 6.92 Å². The molecular formula is C23H25Cl2N5O2. The summed E-state index contributed by atoms with van der Waals surface area (Å²) in [5.74, 6) is 1.26. The summed E-state index contributed by atoms with van der Waals surface area (Å²) < 4.78 is 7.03. The van der Waals surface area contributed by atoms with Crippen molar-refractivity contribution in [3.8, 4) is 11.6 Å². The SMILES string of the molecule is COc1cccnc1-n1ncc(C(=O)CCN2CCN(c3cc(Cl)cc(Cl)c3)CC2)c1C. The first-order chi connectivity index (χ1) is 15.5. The summed E-state index contributed by atoms with van der Waals surface area (Å²) in [4.78, 5) is 21.8. The third-order valence-electron chi connectivity index (χ3n) is 5.72. The number of methoxy groups -OCH3 is 1. The molecule has 1 fully saturated rings. The van der Waals surface area contributed by atoms with Crippen molar-refractivity contribution in [3.63, 3.8) is 0 Å². The number of piperazine rings is 1. The number of benzene rings is 1. The molecule has 0 spiro atoms. The molecule has 1 aliphatic rings. The van der Waals surface area contributed by atoms with Crippen LogP contribution in [-0.2, 0) is 0 Å². The highest BCUT2D eigenvalue weighted by atomic mass is 35.5.